The van der Waals surface area contributed by atoms with Crippen LogP contribution in [-0.4, -0.2) is 17.5 Å². The molecule has 0 fully saturated rings. The third kappa shape index (κ3) is 4.91. The summed E-state index contributed by atoms with van der Waals surface area (Å²) < 4.78 is 0. The van der Waals surface area contributed by atoms with Crippen LogP contribution >= 0.6 is 35.3 Å². The van der Waals surface area contributed by atoms with E-state index in [4.69, 9.17) is 5.73 Å². The van der Waals surface area contributed by atoms with Gasteiger partial charge in [-0.3, -0.25) is 4.99 Å². The van der Waals surface area contributed by atoms with Gasteiger partial charge in [0, 0.05) is 24.0 Å². The molecule has 2 aromatic rings. The third-order valence-electron chi connectivity index (χ3n) is 3.92. The summed E-state index contributed by atoms with van der Waals surface area (Å²) in [4.78, 5) is 8.93. The molecule has 4 nitrogen and oxygen atoms in total. The molecular formula is C17H23IN4S. The molecule has 6 heteroatoms. The van der Waals surface area contributed by atoms with Crippen molar-refractivity contribution in [3.05, 3.63) is 45.4 Å². The third-order valence-corrected chi connectivity index (χ3v) is 4.96. The molecule has 3 N–H and O–H groups in total. The van der Waals surface area contributed by atoms with Crippen molar-refractivity contribution in [3.8, 4) is 0 Å². The Balaban J connectivity index is 0.00000192. The van der Waals surface area contributed by atoms with Gasteiger partial charge >= 0.3 is 0 Å². The molecule has 1 aromatic carbocycles. The van der Waals surface area contributed by atoms with Crippen molar-refractivity contribution in [2.45, 2.75) is 39.0 Å². The number of nitrogens with one attached hydrogen (secondary N) is 1. The number of guanidine groups is 1. The normalized spacial score (nSPS) is 13.5. The zero-order valence-electron chi connectivity index (χ0n) is 13.3. The number of rotatable bonds is 5. The summed E-state index contributed by atoms with van der Waals surface area (Å²) in [7, 11) is 0. The zero-order chi connectivity index (χ0) is 15.4. The van der Waals surface area contributed by atoms with Crippen LogP contribution in [0.1, 0.15) is 35.2 Å². The lowest BCUT2D eigenvalue weighted by molar-refractivity contribution is 0.912. The summed E-state index contributed by atoms with van der Waals surface area (Å²) in [6, 6.07) is 6.47. The first kappa shape index (κ1) is 18.2. The topological polar surface area (TPSA) is 63.3 Å². The number of nitrogens with zero attached hydrogens (tertiary/aromatic N) is 2. The quantitative estimate of drug-likeness (QED) is 0.421. The summed E-state index contributed by atoms with van der Waals surface area (Å²) >= 11 is 1.72. The first-order valence-corrected chi connectivity index (χ1v) is 8.74. The van der Waals surface area contributed by atoms with E-state index >= 15 is 0 Å². The van der Waals surface area contributed by atoms with Crippen LogP contribution in [0.15, 0.2) is 28.6 Å². The summed E-state index contributed by atoms with van der Waals surface area (Å²) in [5.41, 5.74) is 11.0. The van der Waals surface area contributed by atoms with E-state index in [0.717, 1.165) is 24.2 Å². The molecule has 124 valence electrons. The van der Waals surface area contributed by atoms with Gasteiger partial charge in [0.25, 0.3) is 0 Å². The van der Waals surface area contributed by atoms with Crippen molar-refractivity contribution in [3.63, 3.8) is 0 Å². The van der Waals surface area contributed by atoms with Crippen LogP contribution in [-0.2, 0) is 25.7 Å². The summed E-state index contributed by atoms with van der Waals surface area (Å²) in [6.45, 7) is 2.79. The molecule has 0 unspecified atom stereocenters. The molecule has 0 bridgehead atoms. The molecule has 1 aliphatic carbocycles. The summed E-state index contributed by atoms with van der Waals surface area (Å²) in [6.07, 6.45) is 5.47. The molecule has 0 radical (unpaired) electrons. The number of hydrogen-bond acceptors (Lipinski definition) is 3. The van der Waals surface area contributed by atoms with Crippen molar-refractivity contribution in [1.82, 2.24) is 4.98 Å². The second-order valence-electron chi connectivity index (χ2n) is 5.57. The van der Waals surface area contributed by atoms with Crippen LogP contribution < -0.4 is 11.1 Å². The van der Waals surface area contributed by atoms with Gasteiger partial charge in [-0.15, -0.1) is 35.3 Å². The van der Waals surface area contributed by atoms with Crippen molar-refractivity contribution in [2.75, 3.05) is 11.9 Å². The highest BCUT2D eigenvalue weighted by Crippen LogP contribution is 2.24. The predicted molar refractivity (Wildman–Crippen MR) is 109 cm³/mol. The van der Waals surface area contributed by atoms with E-state index in [2.05, 4.69) is 45.8 Å². The van der Waals surface area contributed by atoms with Gasteiger partial charge < -0.3 is 11.1 Å². The fraction of sp³-hybridized carbons (Fsp3) is 0.412. The average molecular weight is 442 g/mol. The fourth-order valence-electron chi connectivity index (χ4n) is 2.75. The lowest BCUT2D eigenvalue weighted by atomic mass is 10.1. The fourth-order valence-corrected chi connectivity index (χ4v) is 3.53. The number of aliphatic imine (C=N–C) groups is 1. The van der Waals surface area contributed by atoms with Gasteiger partial charge in [0.15, 0.2) is 5.96 Å². The molecular weight excluding hydrogens is 419 g/mol. The van der Waals surface area contributed by atoms with Crippen LogP contribution in [0.5, 0.6) is 0 Å². The van der Waals surface area contributed by atoms with Crippen LogP contribution in [0.4, 0.5) is 5.69 Å². The minimum atomic E-state index is 0. The van der Waals surface area contributed by atoms with Crippen molar-refractivity contribution < 1.29 is 0 Å². The van der Waals surface area contributed by atoms with Gasteiger partial charge in [-0.05, 0) is 48.9 Å². The number of nitrogens with two attached hydrogens (primary N) is 1. The number of hydrogen-bond donors (Lipinski definition) is 2. The number of benzene rings is 1. The number of halogens is 1. The van der Waals surface area contributed by atoms with Crippen LogP contribution in [0.2, 0.25) is 0 Å². The maximum atomic E-state index is 5.97. The van der Waals surface area contributed by atoms with E-state index in [0.29, 0.717) is 12.5 Å². The van der Waals surface area contributed by atoms with Crippen molar-refractivity contribution in [1.29, 1.82) is 0 Å². The minimum absolute atomic E-state index is 0. The molecule has 0 saturated heterocycles. The van der Waals surface area contributed by atoms with E-state index in [1.54, 1.807) is 11.3 Å². The Morgan fingerprint density at radius 1 is 1.35 bits per heavy atom. The maximum Gasteiger partial charge on any atom is 0.193 e. The summed E-state index contributed by atoms with van der Waals surface area (Å²) in [5.74, 6) is 0.476. The molecule has 1 aromatic heterocycles. The number of anilines is 1. The molecule has 1 heterocycles. The van der Waals surface area contributed by atoms with Gasteiger partial charge in [0.05, 0.1) is 10.7 Å². The Bertz CT molecular complexity index is 681. The van der Waals surface area contributed by atoms with Gasteiger partial charge in [-0.1, -0.05) is 13.0 Å². The Kier molecular flexibility index (Phi) is 6.83. The van der Waals surface area contributed by atoms with Crippen LogP contribution in [0.3, 0.4) is 0 Å². The molecule has 1 aliphatic rings. The first-order chi connectivity index (χ1) is 10.7. The van der Waals surface area contributed by atoms with E-state index in [-0.39, 0.29) is 24.0 Å². The Hall–Kier alpha value is -1.15. The molecule has 0 atom stereocenters. The SMILES string of the molecule is CCc1nc(CCN=C(N)Nc2ccc3c(c2)CCC3)cs1.I. The number of aromatic nitrogens is 1. The maximum absolute atomic E-state index is 5.97. The molecule has 0 amide bonds. The molecule has 0 spiro atoms. The Morgan fingerprint density at radius 2 is 2.17 bits per heavy atom. The molecule has 3 rings (SSSR count). The smallest absolute Gasteiger partial charge is 0.193 e. The van der Waals surface area contributed by atoms with Gasteiger partial charge in [0.1, 0.15) is 0 Å². The van der Waals surface area contributed by atoms with E-state index in [9.17, 15) is 0 Å². The monoisotopic (exact) mass is 442 g/mol. The number of fused-ring (bicyclic) bond motifs is 1. The van der Waals surface area contributed by atoms with Crippen LogP contribution in [0, 0.1) is 0 Å². The van der Waals surface area contributed by atoms with Gasteiger partial charge in [0.2, 0.25) is 0 Å². The van der Waals surface area contributed by atoms with E-state index < -0.39 is 0 Å². The second kappa shape index (κ2) is 8.63. The molecule has 0 aliphatic heterocycles. The van der Waals surface area contributed by atoms with E-state index in [1.807, 2.05) is 0 Å². The molecule has 23 heavy (non-hydrogen) atoms. The lowest BCUT2D eigenvalue weighted by Gasteiger charge is -2.07. The van der Waals surface area contributed by atoms with Gasteiger partial charge in [-0.2, -0.15) is 0 Å². The first-order valence-electron chi connectivity index (χ1n) is 7.86. The van der Waals surface area contributed by atoms with E-state index in [1.165, 1.54) is 35.4 Å². The molecule has 0 saturated carbocycles. The standard InChI is InChI=1S/C17H22N4S.HI/c1-2-16-20-15(11-22-16)8-9-19-17(18)21-14-7-6-12-4-3-5-13(12)10-14;/h6-7,10-11H,2-5,8-9H2,1H3,(H3,18,19,21);1H. The van der Waals surface area contributed by atoms with Gasteiger partial charge in [-0.25, -0.2) is 4.98 Å². The Labute approximate surface area is 158 Å². The highest BCUT2D eigenvalue weighted by Gasteiger charge is 2.10. The number of thiazole rings is 1. The Morgan fingerprint density at radius 3 is 2.96 bits per heavy atom. The highest BCUT2D eigenvalue weighted by atomic mass is 127. The van der Waals surface area contributed by atoms with Crippen molar-refractivity contribution in [2.24, 2.45) is 10.7 Å². The zero-order valence-corrected chi connectivity index (χ0v) is 16.5. The lowest BCUT2D eigenvalue weighted by Crippen LogP contribution is -2.23. The average Bonchev–Trinajstić information content (AvgIpc) is 3.15. The minimum Gasteiger partial charge on any atom is -0.370 e. The van der Waals surface area contributed by atoms with Crippen molar-refractivity contribution >= 4 is 47.0 Å². The summed E-state index contributed by atoms with van der Waals surface area (Å²) in [5, 5.41) is 6.48. The highest BCUT2D eigenvalue weighted by molar-refractivity contribution is 14.0. The largest absolute Gasteiger partial charge is 0.370 e. The predicted octanol–water partition coefficient (Wildman–Crippen LogP) is 3.78. The van der Waals surface area contributed by atoms with Crippen LogP contribution in [0.25, 0.3) is 0 Å². The number of aryl methyl sites for hydroxylation is 3. The second-order valence-corrected chi connectivity index (χ2v) is 6.51.